The number of benzene rings is 1. The predicted molar refractivity (Wildman–Crippen MR) is 88.4 cm³/mol. The number of hydrogen-bond acceptors (Lipinski definition) is 4. The maximum absolute atomic E-state index is 5.94. The molecule has 1 aliphatic rings. The van der Waals surface area contributed by atoms with Crippen molar-refractivity contribution >= 4 is 28.5 Å². The molecule has 0 spiro atoms. The highest BCUT2D eigenvalue weighted by Gasteiger charge is 2.22. The zero-order valence-corrected chi connectivity index (χ0v) is 12.7. The Hall–Kier alpha value is -1.26. The Balaban J connectivity index is 2.00. The quantitative estimate of drug-likeness (QED) is 0.942. The standard InChI is InChI=1S/C16H21N3S/c1-2-14-11-19(7-8-20-14)16-13(10-17)9-12-5-3-4-6-15(12)18-16/h3-6,9,14H,2,7-8,10-11,17H2,1H3. The smallest absolute Gasteiger partial charge is 0.133 e. The maximum Gasteiger partial charge on any atom is 0.133 e. The number of rotatable bonds is 3. The molecule has 4 heteroatoms. The number of aromatic nitrogens is 1. The van der Waals surface area contributed by atoms with Gasteiger partial charge in [-0.1, -0.05) is 25.1 Å². The Morgan fingerprint density at radius 2 is 2.25 bits per heavy atom. The molecule has 0 amide bonds. The second-order valence-corrected chi connectivity index (χ2v) is 6.62. The summed E-state index contributed by atoms with van der Waals surface area (Å²) in [7, 11) is 0. The summed E-state index contributed by atoms with van der Waals surface area (Å²) in [6, 6.07) is 10.5. The number of anilines is 1. The predicted octanol–water partition coefficient (Wildman–Crippen LogP) is 3.03. The lowest BCUT2D eigenvalue weighted by Gasteiger charge is -2.34. The summed E-state index contributed by atoms with van der Waals surface area (Å²) in [5.41, 5.74) is 8.16. The summed E-state index contributed by atoms with van der Waals surface area (Å²) in [6.07, 6.45) is 1.21. The van der Waals surface area contributed by atoms with Crippen molar-refractivity contribution < 1.29 is 0 Å². The summed E-state index contributed by atoms with van der Waals surface area (Å²) in [6.45, 7) is 4.96. The number of para-hydroxylation sites is 1. The van der Waals surface area contributed by atoms with Gasteiger partial charge in [0.2, 0.25) is 0 Å². The Labute approximate surface area is 124 Å². The molecule has 3 rings (SSSR count). The van der Waals surface area contributed by atoms with E-state index in [0.717, 1.165) is 30.0 Å². The van der Waals surface area contributed by atoms with Crippen LogP contribution in [0.3, 0.4) is 0 Å². The highest BCUT2D eigenvalue weighted by molar-refractivity contribution is 8.00. The van der Waals surface area contributed by atoms with Crippen molar-refractivity contribution in [1.82, 2.24) is 4.98 Å². The minimum Gasteiger partial charge on any atom is -0.354 e. The van der Waals surface area contributed by atoms with E-state index in [0.29, 0.717) is 11.8 Å². The van der Waals surface area contributed by atoms with Crippen LogP contribution in [0.25, 0.3) is 10.9 Å². The lowest BCUT2D eigenvalue weighted by molar-refractivity contribution is 0.717. The van der Waals surface area contributed by atoms with Crippen LogP contribution in [-0.4, -0.2) is 29.1 Å². The van der Waals surface area contributed by atoms with Gasteiger partial charge in [0.25, 0.3) is 0 Å². The largest absolute Gasteiger partial charge is 0.354 e. The van der Waals surface area contributed by atoms with Crippen LogP contribution in [0.5, 0.6) is 0 Å². The van der Waals surface area contributed by atoms with Crippen molar-refractivity contribution in [3.8, 4) is 0 Å². The summed E-state index contributed by atoms with van der Waals surface area (Å²) in [4.78, 5) is 7.29. The molecule has 1 saturated heterocycles. The Morgan fingerprint density at radius 3 is 3.05 bits per heavy atom. The summed E-state index contributed by atoms with van der Waals surface area (Å²) >= 11 is 2.08. The van der Waals surface area contributed by atoms with Gasteiger partial charge in [0.15, 0.2) is 0 Å². The first-order valence-corrected chi connectivity index (χ1v) is 8.32. The van der Waals surface area contributed by atoms with E-state index in [1.807, 2.05) is 6.07 Å². The van der Waals surface area contributed by atoms with E-state index in [-0.39, 0.29) is 0 Å². The van der Waals surface area contributed by atoms with Gasteiger partial charge in [0.05, 0.1) is 5.52 Å². The van der Waals surface area contributed by atoms with Crippen molar-refractivity contribution in [2.24, 2.45) is 5.73 Å². The summed E-state index contributed by atoms with van der Waals surface area (Å²) in [5, 5.41) is 1.89. The molecule has 1 aliphatic heterocycles. The maximum atomic E-state index is 5.94. The third-order valence-electron chi connectivity index (χ3n) is 3.89. The van der Waals surface area contributed by atoms with Gasteiger partial charge in [-0.3, -0.25) is 0 Å². The summed E-state index contributed by atoms with van der Waals surface area (Å²) < 4.78 is 0. The van der Waals surface area contributed by atoms with E-state index >= 15 is 0 Å². The molecular formula is C16H21N3S. The van der Waals surface area contributed by atoms with E-state index in [4.69, 9.17) is 10.7 Å². The molecule has 2 heterocycles. The lowest BCUT2D eigenvalue weighted by atomic mass is 10.1. The molecular weight excluding hydrogens is 266 g/mol. The number of nitrogens with two attached hydrogens (primary N) is 1. The van der Waals surface area contributed by atoms with Crippen LogP contribution < -0.4 is 10.6 Å². The molecule has 2 N–H and O–H groups in total. The third kappa shape index (κ3) is 2.63. The van der Waals surface area contributed by atoms with Crippen LogP contribution in [0.15, 0.2) is 30.3 Å². The normalized spacial score (nSPS) is 19.5. The molecule has 1 aromatic carbocycles. The third-order valence-corrected chi connectivity index (χ3v) is 5.27. The average Bonchev–Trinajstić information content (AvgIpc) is 2.53. The highest BCUT2D eigenvalue weighted by atomic mass is 32.2. The number of nitrogens with zero attached hydrogens (tertiary/aromatic N) is 2. The Kier molecular flexibility index (Phi) is 4.13. The summed E-state index contributed by atoms with van der Waals surface area (Å²) in [5.74, 6) is 2.27. The molecule has 106 valence electrons. The van der Waals surface area contributed by atoms with Gasteiger partial charge in [-0.15, -0.1) is 0 Å². The first-order valence-electron chi connectivity index (χ1n) is 7.27. The molecule has 0 aliphatic carbocycles. The molecule has 1 aromatic heterocycles. The molecule has 3 nitrogen and oxygen atoms in total. The molecule has 0 saturated carbocycles. The minimum absolute atomic E-state index is 0.549. The SMILES string of the molecule is CCC1CN(c2nc3ccccc3cc2CN)CCS1. The van der Waals surface area contributed by atoms with Gasteiger partial charge < -0.3 is 10.6 Å². The topological polar surface area (TPSA) is 42.2 Å². The van der Waals surface area contributed by atoms with Crippen LogP contribution in [0.2, 0.25) is 0 Å². The minimum atomic E-state index is 0.549. The lowest BCUT2D eigenvalue weighted by Crippen LogP contribution is -2.38. The van der Waals surface area contributed by atoms with Gasteiger partial charge in [0, 0.05) is 41.6 Å². The van der Waals surface area contributed by atoms with Gasteiger partial charge in [-0.2, -0.15) is 11.8 Å². The van der Waals surface area contributed by atoms with Crippen LogP contribution in [0.4, 0.5) is 5.82 Å². The number of thioether (sulfide) groups is 1. The van der Waals surface area contributed by atoms with E-state index < -0.39 is 0 Å². The Morgan fingerprint density at radius 1 is 1.40 bits per heavy atom. The van der Waals surface area contributed by atoms with Crippen LogP contribution in [0.1, 0.15) is 18.9 Å². The number of hydrogen-bond donors (Lipinski definition) is 1. The number of pyridine rings is 1. The molecule has 1 fully saturated rings. The molecule has 0 bridgehead atoms. The van der Waals surface area contributed by atoms with Gasteiger partial charge >= 0.3 is 0 Å². The fourth-order valence-corrected chi connectivity index (χ4v) is 3.91. The van der Waals surface area contributed by atoms with Gasteiger partial charge in [0.1, 0.15) is 5.82 Å². The molecule has 20 heavy (non-hydrogen) atoms. The highest BCUT2D eigenvalue weighted by Crippen LogP contribution is 2.28. The first kappa shape index (κ1) is 13.7. The first-order chi connectivity index (χ1) is 9.81. The van der Waals surface area contributed by atoms with Crippen LogP contribution in [-0.2, 0) is 6.54 Å². The van der Waals surface area contributed by atoms with Crippen LogP contribution in [0, 0.1) is 0 Å². The zero-order valence-electron chi connectivity index (χ0n) is 11.9. The molecule has 1 unspecified atom stereocenters. The van der Waals surface area contributed by atoms with E-state index in [1.165, 1.54) is 17.6 Å². The zero-order chi connectivity index (χ0) is 13.9. The van der Waals surface area contributed by atoms with Crippen LogP contribution >= 0.6 is 11.8 Å². The second-order valence-electron chi connectivity index (χ2n) is 5.21. The van der Waals surface area contributed by atoms with Crippen molar-refractivity contribution in [3.63, 3.8) is 0 Å². The molecule has 0 radical (unpaired) electrons. The fraction of sp³-hybridized carbons (Fsp3) is 0.438. The van der Waals surface area contributed by atoms with Crippen molar-refractivity contribution in [1.29, 1.82) is 0 Å². The second kappa shape index (κ2) is 6.02. The monoisotopic (exact) mass is 287 g/mol. The van der Waals surface area contributed by atoms with Gasteiger partial charge in [-0.25, -0.2) is 4.98 Å². The van der Waals surface area contributed by atoms with E-state index in [9.17, 15) is 0 Å². The Bertz CT molecular complexity index is 599. The van der Waals surface area contributed by atoms with Crippen molar-refractivity contribution in [2.45, 2.75) is 25.1 Å². The van der Waals surface area contributed by atoms with Crippen molar-refractivity contribution in [3.05, 3.63) is 35.9 Å². The van der Waals surface area contributed by atoms with E-state index in [1.54, 1.807) is 0 Å². The van der Waals surface area contributed by atoms with E-state index in [2.05, 4.69) is 47.9 Å². The molecule has 2 aromatic rings. The van der Waals surface area contributed by atoms with Gasteiger partial charge in [-0.05, 0) is 18.6 Å². The average molecular weight is 287 g/mol. The fourth-order valence-electron chi connectivity index (χ4n) is 2.73. The van der Waals surface area contributed by atoms with Crippen molar-refractivity contribution in [2.75, 3.05) is 23.7 Å². The number of fused-ring (bicyclic) bond motifs is 1. The molecule has 1 atom stereocenters.